The molecule has 2 N–H and O–H groups in total. The van der Waals surface area contributed by atoms with Crippen LogP contribution in [0.2, 0.25) is 0 Å². The molecule has 0 bridgehead atoms. The van der Waals surface area contributed by atoms with E-state index in [9.17, 15) is 18.0 Å². The molecule has 110 valence electrons. The van der Waals surface area contributed by atoms with Gasteiger partial charge in [0.2, 0.25) is 0 Å². The van der Waals surface area contributed by atoms with Crippen LogP contribution in [0.4, 0.5) is 0 Å². The Morgan fingerprint density at radius 3 is 1.95 bits per heavy atom. The third-order valence-electron chi connectivity index (χ3n) is 3.02. The van der Waals surface area contributed by atoms with E-state index in [4.69, 9.17) is 10.2 Å². The molecule has 0 spiro atoms. The van der Waals surface area contributed by atoms with Crippen LogP contribution in [0.25, 0.3) is 0 Å². The molecule has 0 aromatic carbocycles. The van der Waals surface area contributed by atoms with Gasteiger partial charge in [-0.3, -0.25) is 9.59 Å². The average molecular weight is 294 g/mol. The van der Waals surface area contributed by atoms with Crippen LogP contribution in [0.5, 0.6) is 0 Å². The lowest BCUT2D eigenvalue weighted by Gasteiger charge is -2.32. The molecule has 1 aliphatic rings. The Balaban J connectivity index is 2.85. The van der Waals surface area contributed by atoms with E-state index < -0.39 is 35.2 Å². The first-order chi connectivity index (χ1) is 8.73. The summed E-state index contributed by atoms with van der Waals surface area (Å²) < 4.78 is 26.0. The number of nitrogens with zero attached hydrogens (tertiary/aromatic N) is 2. The molecule has 0 saturated carbocycles. The molecule has 0 aliphatic carbocycles. The molecule has 0 aromatic heterocycles. The largest absolute Gasteiger partial charge is 0.480 e. The lowest BCUT2D eigenvalue weighted by molar-refractivity contribution is -0.139. The van der Waals surface area contributed by atoms with Gasteiger partial charge in [0.1, 0.15) is 13.1 Å². The van der Waals surface area contributed by atoms with Gasteiger partial charge in [-0.25, -0.2) is 0 Å². The molecule has 1 heterocycles. The fourth-order valence-electron chi connectivity index (χ4n) is 1.90. The molecular weight excluding hydrogens is 276 g/mol. The number of rotatable bonds is 6. The Kier molecular flexibility index (Phi) is 5.27. The first-order valence-corrected chi connectivity index (χ1v) is 7.32. The molecule has 9 heteroatoms. The van der Waals surface area contributed by atoms with Gasteiger partial charge in [-0.15, -0.1) is 0 Å². The molecule has 0 aromatic rings. The van der Waals surface area contributed by atoms with Crippen LogP contribution in [-0.2, 0) is 19.8 Å². The van der Waals surface area contributed by atoms with Gasteiger partial charge in [0.15, 0.2) is 0 Å². The van der Waals surface area contributed by atoms with Gasteiger partial charge in [0.05, 0.1) is 0 Å². The van der Waals surface area contributed by atoms with Gasteiger partial charge in [-0.1, -0.05) is 6.92 Å². The Bertz CT molecular complexity index is 425. The highest BCUT2D eigenvalue weighted by Gasteiger charge is 2.34. The zero-order chi connectivity index (χ0) is 14.6. The van der Waals surface area contributed by atoms with Gasteiger partial charge < -0.3 is 10.2 Å². The summed E-state index contributed by atoms with van der Waals surface area (Å²) in [7, 11) is -4.03. The number of aliphatic carboxylic acids is 2. The number of hydrogen-bond acceptors (Lipinski definition) is 4. The van der Waals surface area contributed by atoms with Crippen LogP contribution in [0, 0.1) is 5.92 Å². The zero-order valence-corrected chi connectivity index (χ0v) is 11.5. The van der Waals surface area contributed by atoms with Crippen molar-refractivity contribution in [1.82, 2.24) is 8.61 Å². The second-order valence-corrected chi connectivity index (χ2v) is 6.57. The van der Waals surface area contributed by atoms with E-state index >= 15 is 0 Å². The summed E-state index contributed by atoms with van der Waals surface area (Å²) in [6, 6.07) is 0. The molecule has 0 amide bonds. The van der Waals surface area contributed by atoms with E-state index in [-0.39, 0.29) is 0 Å². The molecular formula is C10H18N2O6S. The molecule has 8 nitrogen and oxygen atoms in total. The molecule has 1 aliphatic heterocycles. The summed E-state index contributed by atoms with van der Waals surface area (Å²) in [6.07, 6.45) is 1.38. The van der Waals surface area contributed by atoms with Crippen molar-refractivity contribution in [2.24, 2.45) is 5.92 Å². The number of carboxylic acids is 2. The molecule has 0 unspecified atom stereocenters. The van der Waals surface area contributed by atoms with Crippen LogP contribution in [0.3, 0.4) is 0 Å². The third-order valence-corrected chi connectivity index (χ3v) is 4.95. The first kappa shape index (κ1) is 15.9. The minimum absolute atomic E-state index is 0.291. The maximum Gasteiger partial charge on any atom is 0.318 e. The second-order valence-electron chi connectivity index (χ2n) is 4.64. The highest BCUT2D eigenvalue weighted by molar-refractivity contribution is 7.86. The SMILES string of the molecule is CC1CCN(S(=O)(=O)N(CC(=O)O)CC(=O)O)CC1. The van der Waals surface area contributed by atoms with Crippen molar-refractivity contribution in [3.63, 3.8) is 0 Å². The topological polar surface area (TPSA) is 115 Å². The lowest BCUT2D eigenvalue weighted by atomic mass is 10.0. The van der Waals surface area contributed by atoms with Gasteiger partial charge in [0.25, 0.3) is 10.2 Å². The number of carboxylic acid groups (broad SMARTS) is 2. The maximum absolute atomic E-state index is 12.2. The number of carbonyl (C=O) groups is 2. The number of hydrogen-bond donors (Lipinski definition) is 2. The number of piperidine rings is 1. The Morgan fingerprint density at radius 2 is 1.58 bits per heavy atom. The van der Waals surface area contributed by atoms with Crippen LogP contribution in [0.1, 0.15) is 19.8 Å². The smallest absolute Gasteiger partial charge is 0.318 e. The van der Waals surface area contributed by atoms with Crippen LogP contribution < -0.4 is 0 Å². The molecule has 1 saturated heterocycles. The van der Waals surface area contributed by atoms with Crippen molar-refractivity contribution >= 4 is 22.1 Å². The Hall–Kier alpha value is -1.19. The Morgan fingerprint density at radius 1 is 1.16 bits per heavy atom. The van der Waals surface area contributed by atoms with Crippen LogP contribution in [-0.4, -0.2) is 65.4 Å². The molecule has 19 heavy (non-hydrogen) atoms. The quantitative estimate of drug-likeness (QED) is 0.678. The summed E-state index contributed by atoms with van der Waals surface area (Å²) in [5.74, 6) is -2.34. The lowest BCUT2D eigenvalue weighted by Crippen LogP contribution is -2.50. The summed E-state index contributed by atoms with van der Waals surface area (Å²) in [4.78, 5) is 21.3. The van der Waals surface area contributed by atoms with E-state index in [1.165, 1.54) is 0 Å². The average Bonchev–Trinajstić information content (AvgIpc) is 2.27. The van der Waals surface area contributed by atoms with Gasteiger partial charge in [-0.05, 0) is 18.8 Å². The fraction of sp³-hybridized carbons (Fsp3) is 0.800. The Labute approximate surface area is 111 Å². The van der Waals surface area contributed by atoms with Crippen LogP contribution in [0.15, 0.2) is 0 Å². The summed E-state index contributed by atoms with van der Waals surface area (Å²) in [6.45, 7) is 0.899. The van der Waals surface area contributed by atoms with Crippen molar-refractivity contribution in [3.05, 3.63) is 0 Å². The molecule has 1 fully saturated rings. The summed E-state index contributed by atoms with van der Waals surface area (Å²) in [5.41, 5.74) is 0. The van der Waals surface area contributed by atoms with Crippen molar-refractivity contribution in [1.29, 1.82) is 0 Å². The van der Waals surface area contributed by atoms with Crippen molar-refractivity contribution in [2.45, 2.75) is 19.8 Å². The molecule has 0 atom stereocenters. The highest BCUT2D eigenvalue weighted by Crippen LogP contribution is 2.20. The highest BCUT2D eigenvalue weighted by atomic mass is 32.2. The normalized spacial score (nSPS) is 18.6. The minimum Gasteiger partial charge on any atom is -0.480 e. The first-order valence-electron chi connectivity index (χ1n) is 5.92. The zero-order valence-electron chi connectivity index (χ0n) is 10.7. The van der Waals surface area contributed by atoms with Crippen molar-refractivity contribution in [2.75, 3.05) is 26.2 Å². The van der Waals surface area contributed by atoms with E-state index in [1.807, 2.05) is 6.92 Å². The monoisotopic (exact) mass is 294 g/mol. The minimum atomic E-state index is -4.03. The van der Waals surface area contributed by atoms with Crippen molar-refractivity contribution in [3.8, 4) is 0 Å². The van der Waals surface area contributed by atoms with Gasteiger partial charge in [0, 0.05) is 13.1 Å². The standard InChI is InChI=1S/C10H18N2O6S/c1-8-2-4-11(5-3-8)19(17,18)12(6-9(13)14)7-10(15)16/h8H,2-7H2,1H3,(H,13,14)(H,15,16). The second kappa shape index (κ2) is 6.31. The van der Waals surface area contributed by atoms with Gasteiger partial charge in [-0.2, -0.15) is 17.0 Å². The predicted molar refractivity (Wildman–Crippen MR) is 65.7 cm³/mol. The van der Waals surface area contributed by atoms with Crippen molar-refractivity contribution < 1.29 is 28.2 Å². The van der Waals surface area contributed by atoms with E-state index in [0.29, 0.717) is 36.2 Å². The summed E-state index contributed by atoms with van der Waals surface area (Å²) >= 11 is 0. The summed E-state index contributed by atoms with van der Waals surface area (Å²) in [5, 5.41) is 17.4. The third kappa shape index (κ3) is 4.44. The molecule has 1 rings (SSSR count). The van der Waals surface area contributed by atoms with Gasteiger partial charge >= 0.3 is 11.9 Å². The van der Waals surface area contributed by atoms with E-state index in [0.717, 1.165) is 4.31 Å². The molecule has 0 radical (unpaired) electrons. The predicted octanol–water partition coefficient (Wildman–Crippen LogP) is -0.566. The maximum atomic E-state index is 12.2. The fourth-order valence-corrected chi connectivity index (χ4v) is 3.45. The van der Waals surface area contributed by atoms with E-state index in [1.54, 1.807) is 0 Å². The van der Waals surface area contributed by atoms with E-state index in [2.05, 4.69) is 0 Å². The van der Waals surface area contributed by atoms with Crippen LogP contribution >= 0.6 is 0 Å².